The fraction of sp³-hybridized carbons (Fsp3) is 0.0714. The van der Waals surface area contributed by atoms with Gasteiger partial charge in [-0.25, -0.2) is 9.97 Å². The van der Waals surface area contributed by atoms with Gasteiger partial charge in [-0.2, -0.15) is 9.97 Å². The van der Waals surface area contributed by atoms with E-state index in [0.717, 1.165) is 0 Å². The number of nitrogen functional groups attached to an aromatic ring is 2. The third-order valence-corrected chi connectivity index (χ3v) is 3.93. The maximum atomic E-state index is 11.4. The van der Waals surface area contributed by atoms with Gasteiger partial charge in [0.25, 0.3) is 0 Å². The number of anilines is 3. The Morgan fingerprint density at radius 3 is 2.62 bits per heavy atom. The summed E-state index contributed by atoms with van der Waals surface area (Å²) in [6, 6.07) is 4.87. The molecule has 0 aliphatic carbocycles. The number of aromatic nitrogens is 4. The lowest BCUT2D eigenvalue weighted by molar-refractivity contribution is -0.107. The molecule has 3 rings (SSSR count). The number of amides is 1. The van der Waals surface area contributed by atoms with Crippen LogP contribution in [0.25, 0.3) is 11.2 Å². The van der Waals surface area contributed by atoms with E-state index in [4.69, 9.17) is 34.7 Å². The number of carbonyl (C=O) groups is 1. The van der Waals surface area contributed by atoms with Gasteiger partial charge in [-0.05, 0) is 18.2 Å². The highest BCUT2D eigenvalue weighted by molar-refractivity contribution is 6.42. The Labute approximate surface area is 146 Å². The lowest BCUT2D eigenvalue weighted by Crippen LogP contribution is -2.21. The number of hydrogen-bond donors (Lipinski definition) is 2. The molecule has 24 heavy (non-hydrogen) atoms. The Balaban J connectivity index is 1.94. The molecule has 2 aromatic heterocycles. The van der Waals surface area contributed by atoms with Gasteiger partial charge in [0.1, 0.15) is 0 Å². The first-order valence-electron chi connectivity index (χ1n) is 6.69. The van der Waals surface area contributed by atoms with Crippen molar-refractivity contribution in [1.29, 1.82) is 0 Å². The van der Waals surface area contributed by atoms with Crippen LogP contribution in [0.4, 0.5) is 17.5 Å². The topological polar surface area (TPSA) is 124 Å². The van der Waals surface area contributed by atoms with Crippen molar-refractivity contribution >= 4 is 58.2 Å². The van der Waals surface area contributed by atoms with Gasteiger partial charge in [0, 0.05) is 5.69 Å². The molecule has 10 heteroatoms. The minimum atomic E-state index is 0.0207. The number of carbonyl (C=O) groups excluding carboxylic acids is 1. The molecule has 0 aliphatic heterocycles. The lowest BCUT2D eigenvalue weighted by atomic mass is 10.3. The fourth-order valence-electron chi connectivity index (χ4n) is 2.09. The van der Waals surface area contributed by atoms with E-state index in [2.05, 4.69) is 19.9 Å². The van der Waals surface area contributed by atoms with Crippen LogP contribution in [0.3, 0.4) is 0 Å². The number of nitrogens with two attached hydrogens (primary N) is 2. The molecular formula is C14H11Cl2N7O. The Hall–Kier alpha value is -2.71. The van der Waals surface area contributed by atoms with E-state index >= 15 is 0 Å². The van der Waals surface area contributed by atoms with E-state index in [-0.39, 0.29) is 24.0 Å². The summed E-state index contributed by atoms with van der Waals surface area (Å²) in [5.74, 6) is 0.145. The molecule has 1 amide bonds. The summed E-state index contributed by atoms with van der Waals surface area (Å²) in [7, 11) is 0. The summed E-state index contributed by atoms with van der Waals surface area (Å²) in [6.45, 7) is 0.161. The molecule has 0 unspecified atom stereocenters. The van der Waals surface area contributed by atoms with E-state index < -0.39 is 0 Å². The maximum absolute atomic E-state index is 11.4. The quantitative estimate of drug-likeness (QED) is 0.679. The molecule has 0 atom stereocenters. The number of fused-ring (bicyclic) bond motifs is 1. The van der Waals surface area contributed by atoms with Crippen molar-refractivity contribution in [2.45, 2.75) is 6.54 Å². The SMILES string of the molecule is Nc1nc(N)c2nc(CN(C=O)c3ccc(Cl)c(Cl)c3)cnc2n1. The molecule has 0 radical (unpaired) electrons. The zero-order valence-corrected chi connectivity index (χ0v) is 13.7. The molecule has 0 spiro atoms. The maximum Gasteiger partial charge on any atom is 0.224 e. The van der Waals surface area contributed by atoms with Crippen molar-refractivity contribution in [3.63, 3.8) is 0 Å². The van der Waals surface area contributed by atoms with E-state index in [9.17, 15) is 4.79 Å². The molecule has 3 aromatic rings. The minimum absolute atomic E-state index is 0.0207. The van der Waals surface area contributed by atoms with Gasteiger partial charge in [0.15, 0.2) is 17.0 Å². The van der Waals surface area contributed by atoms with Crippen molar-refractivity contribution in [1.82, 2.24) is 19.9 Å². The summed E-state index contributed by atoms with van der Waals surface area (Å²) < 4.78 is 0. The van der Waals surface area contributed by atoms with Crippen LogP contribution in [0.15, 0.2) is 24.4 Å². The van der Waals surface area contributed by atoms with E-state index in [0.29, 0.717) is 33.4 Å². The summed E-state index contributed by atoms with van der Waals surface area (Å²) in [6.07, 6.45) is 2.15. The molecule has 122 valence electrons. The van der Waals surface area contributed by atoms with Crippen LogP contribution < -0.4 is 16.4 Å². The number of benzene rings is 1. The summed E-state index contributed by atoms with van der Waals surface area (Å²) in [4.78, 5) is 29.1. The van der Waals surface area contributed by atoms with Crippen LogP contribution in [0.2, 0.25) is 10.0 Å². The molecule has 0 fully saturated rings. The zero-order valence-electron chi connectivity index (χ0n) is 12.1. The first kappa shape index (κ1) is 16.2. The smallest absolute Gasteiger partial charge is 0.224 e. The zero-order chi connectivity index (χ0) is 17.3. The molecule has 4 N–H and O–H groups in total. The van der Waals surface area contributed by atoms with Gasteiger partial charge in [0.2, 0.25) is 12.4 Å². The fourth-order valence-corrected chi connectivity index (χ4v) is 2.38. The van der Waals surface area contributed by atoms with Gasteiger partial charge >= 0.3 is 0 Å². The third-order valence-electron chi connectivity index (χ3n) is 3.20. The van der Waals surface area contributed by atoms with Gasteiger partial charge in [-0.15, -0.1) is 0 Å². The van der Waals surface area contributed by atoms with E-state index in [1.54, 1.807) is 18.2 Å². The van der Waals surface area contributed by atoms with Crippen molar-refractivity contribution in [3.8, 4) is 0 Å². The normalized spacial score (nSPS) is 10.8. The highest BCUT2D eigenvalue weighted by atomic mass is 35.5. The second-order valence-electron chi connectivity index (χ2n) is 4.83. The molecule has 0 aliphatic rings. The predicted octanol–water partition coefficient (Wildman–Crippen LogP) is 2.05. The van der Waals surface area contributed by atoms with Crippen LogP contribution >= 0.6 is 23.2 Å². The van der Waals surface area contributed by atoms with Crippen LogP contribution in [0.1, 0.15) is 5.69 Å². The lowest BCUT2D eigenvalue weighted by Gasteiger charge is -2.17. The molecule has 8 nitrogen and oxygen atoms in total. The summed E-state index contributed by atoms with van der Waals surface area (Å²) in [5.41, 5.74) is 13.0. The minimum Gasteiger partial charge on any atom is -0.382 e. The summed E-state index contributed by atoms with van der Waals surface area (Å²) >= 11 is 11.9. The monoisotopic (exact) mass is 363 g/mol. The average Bonchev–Trinajstić information content (AvgIpc) is 2.55. The third kappa shape index (κ3) is 3.15. The number of hydrogen-bond acceptors (Lipinski definition) is 7. The average molecular weight is 364 g/mol. The van der Waals surface area contributed by atoms with Crippen LogP contribution in [-0.4, -0.2) is 26.3 Å². The predicted molar refractivity (Wildman–Crippen MR) is 92.7 cm³/mol. The van der Waals surface area contributed by atoms with Crippen molar-refractivity contribution in [3.05, 3.63) is 40.1 Å². The van der Waals surface area contributed by atoms with Gasteiger partial charge in [-0.1, -0.05) is 23.2 Å². The van der Waals surface area contributed by atoms with Crippen molar-refractivity contribution < 1.29 is 4.79 Å². The summed E-state index contributed by atoms with van der Waals surface area (Å²) in [5, 5.41) is 0.748. The number of rotatable bonds is 4. The second kappa shape index (κ2) is 6.42. The Morgan fingerprint density at radius 2 is 1.92 bits per heavy atom. The van der Waals surface area contributed by atoms with Crippen molar-refractivity contribution in [2.75, 3.05) is 16.4 Å². The van der Waals surface area contributed by atoms with E-state index in [1.165, 1.54) is 11.1 Å². The standard InChI is InChI=1S/C14H11Cl2N7O/c15-9-2-1-8(3-10(9)16)23(6-24)5-7-4-19-13-11(20-7)12(17)21-14(18)22-13/h1-4,6H,5H2,(H4,17,18,19,21,22). The molecule has 1 aromatic carbocycles. The molecular weight excluding hydrogens is 353 g/mol. The number of halogens is 2. The molecule has 0 saturated heterocycles. The highest BCUT2D eigenvalue weighted by Gasteiger charge is 2.12. The highest BCUT2D eigenvalue weighted by Crippen LogP contribution is 2.27. The van der Waals surface area contributed by atoms with Gasteiger partial charge in [-0.3, -0.25) is 4.79 Å². The first-order chi connectivity index (χ1) is 11.5. The second-order valence-corrected chi connectivity index (χ2v) is 5.65. The van der Waals surface area contributed by atoms with Gasteiger partial charge < -0.3 is 16.4 Å². The van der Waals surface area contributed by atoms with Crippen LogP contribution in [0, 0.1) is 0 Å². The Bertz CT molecular complexity index is 934. The van der Waals surface area contributed by atoms with E-state index in [1.807, 2.05) is 0 Å². The largest absolute Gasteiger partial charge is 0.382 e. The Morgan fingerprint density at radius 1 is 1.12 bits per heavy atom. The van der Waals surface area contributed by atoms with Crippen LogP contribution in [-0.2, 0) is 11.3 Å². The van der Waals surface area contributed by atoms with Crippen molar-refractivity contribution in [2.24, 2.45) is 0 Å². The molecule has 0 saturated carbocycles. The van der Waals surface area contributed by atoms with Crippen LogP contribution in [0.5, 0.6) is 0 Å². The van der Waals surface area contributed by atoms with Gasteiger partial charge in [0.05, 0.1) is 28.5 Å². The Kier molecular flexibility index (Phi) is 4.32. The number of nitrogens with zero attached hydrogens (tertiary/aromatic N) is 5. The first-order valence-corrected chi connectivity index (χ1v) is 7.45. The molecule has 2 heterocycles. The molecule has 0 bridgehead atoms.